The van der Waals surface area contributed by atoms with Crippen LogP contribution in [0.1, 0.15) is 17.3 Å². The molecular formula is C7H6O3. The molecule has 3 nitrogen and oxygen atoms in total. The van der Waals surface area contributed by atoms with Crippen LogP contribution in [0.2, 0.25) is 0 Å². The molecule has 10 heavy (non-hydrogen) atoms. The number of hydrogen-bond acceptors (Lipinski definition) is 3. The van der Waals surface area contributed by atoms with Crippen molar-refractivity contribution in [1.29, 1.82) is 0 Å². The summed E-state index contributed by atoms with van der Waals surface area (Å²) in [6, 6.07) is 1.22. The van der Waals surface area contributed by atoms with Gasteiger partial charge in [-0.3, -0.25) is 9.59 Å². The maximum Gasteiger partial charge on any atom is 0.195 e. The Morgan fingerprint density at radius 3 is 2.70 bits per heavy atom. The second-order valence-electron chi connectivity index (χ2n) is 1.89. The summed E-state index contributed by atoms with van der Waals surface area (Å²) in [6.07, 6.45) is 2.40. The van der Waals surface area contributed by atoms with E-state index in [-0.39, 0.29) is 16.8 Å². The quantitative estimate of drug-likeness (QED) is 0.540. The third kappa shape index (κ3) is 1.13. The molecule has 1 aromatic rings. The van der Waals surface area contributed by atoms with E-state index in [1.807, 2.05) is 0 Å². The molecule has 0 spiro atoms. The standard InChI is InChI=1S/C7H6O3/c1-5(8)6-4-10-3-2-7(6)9/h2-4H,1H3. The van der Waals surface area contributed by atoms with Gasteiger partial charge in [0.05, 0.1) is 11.8 Å². The van der Waals surface area contributed by atoms with Crippen molar-refractivity contribution >= 4 is 5.78 Å². The van der Waals surface area contributed by atoms with Crippen molar-refractivity contribution in [2.45, 2.75) is 6.92 Å². The highest BCUT2D eigenvalue weighted by atomic mass is 16.3. The fourth-order valence-electron chi connectivity index (χ4n) is 0.613. The summed E-state index contributed by atoms with van der Waals surface area (Å²) in [5.74, 6) is -0.269. The third-order valence-corrected chi connectivity index (χ3v) is 1.13. The smallest absolute Gasteiger partial charge is 0.195 e. The molecule has 52 valence electrons. The second-order valence-corrected chi connectivity index (χ2v) is 1.89. The van der Waals surface area contributed by atoms with E-state index in [4.69, 9.17) is 0 Å². The molecule has 0 N–H and O–H groups in total. The Hall–Kier alpha value is -1.38. The molecule has 0 saturated heterocycles. The fraction of sp³-hybridized carbons (Fsp3) is 0.143. The van der Waals surface area contributed by atoms with Crippen LogP contribution in [-0.4, -0.2) is 5.78 Å². The summed E-state index contributed by atoms with van der Waals surface area (Å²) in [7, 11) is 0. The van der Waals surface area contributed by atoms with E-state index >= 15 is 0 Å². The van der Waals surface area contributed by atoms with Gasteiger partial charge in [0.1, 0.15) is 6.26 Å². The molecule has 0 aromatic carbocycles. The molecular weight excluding hydrogens is 132 g/mol. The molecule has 0 unspecified atom stereocenters. The summed E-state index contributed by atoms with van der Waals surface area (Å²) in [6.45, 7) is 1.33. The molecule has 0 saturated carbocycles. The zero-order valence-electron chi connectivity index (χ0n) is 5.46. The number of carbonyl (C=O) groups is 1. The molecule has 1 aromatic heterocycles. The molecule has 1 rings (SSSR count). The van der Waals surface area contributed by atoms with Crippen LogP contribution in [0.15, 0.2) is 27.8 Å². The van der Waals surface area contributed by atoms with E-state index in [1.165, 1.54) is 19.3 Å². The SMILES string of the molecule is CC(=O)c1coccc1=O. The largest absolute Gasteiger partial charge is 0.472 e. The van der Waals surface area contributed by atoms with Crippen LogP contribution in [0.3, 0.4) is 0 Å². The molecule has 0 radical (unpaired) electrons. The fourth-order valence-corrected chi connectivity index (χ4v) is 0.613. The van der Waals surface area contributed by atoms with Crippen molar-refractivity contribution < 1.29 is 9.21 Å². The van der Waals surface area contributed by atoms with Crippen molar-refractivity contribution in [1.82, 2.24) is 0 Å². The van der Waals surface area contributed by atoms with Crippen molar-refractivity contribution in [3.8, 4) is 0 Å². The lowest BCUT2D eigenvalue weighted by Gasteiger charge is -1.88. The first-order chi connectivity index (χ1) is 4.72. The summed E-state index contributed by atoms with van der Waals surface area (Å²) >= 11 is 0. The first-order valence-corrected chi connectivity index (χ1v) is 2.79. The Morgan fingerprint density at radius 1 is 1.60 bits per heavy atom. The second kappa shape index (κ2) is 2.47. The zero-order valence-corrected chi connectivity index (χ0v) is 5.46. The van der Waals surface area contributed by atoms with Gasteiger partial charge in [-0.15, -0.1) is 0 Å². The summed E-state index contributed by atoms with van der Waals surface area (Å²) < 4.78 is 4.63. The Labute approximate surface area is 57.3 Å². The van der Waals surface area contributed by atoms with E-state index in [0.29, 0.717) is 0 Å². The van der Waals surface area contributed by atoms with E-state index < -0.39 is 0 Å². The predicted octanol–water partition coefficient (Wildman–Crippen LogP) is 0.842. The number of hydrogen-bond donors (Lipinski definition) is 0. The van der Waals surface area contributed by atoms with Crippen molar-refractivity contribution in [3.05, 3.63) is 34.4 Å². The number of ketones is 1. The van der Waals surface area contributed by atoms with E-state index in [2.05, 4.69) is 4.42 Å². The van der Waals surface area contributed by atoms with E-state index in [9.17, 15) is 9.59 Å². The van der Waals surface area contributed by atoms with Gasteiger partial charge in [0, 0.05) is 6.07 Å². The Kier molecular flexibility index (Phi) is 1.67. The number of carbonyl (C=O) groups excluding carboxylic acids is 1. The minimum atomic E-state index is -0.293. The Bertz CT molecular complexity index is 298. The average Bonchev–Trinajstić information content (AvgIpc) is 1.88. The zero-order chi connectivity index (χ0) is 7.56. The van der Waals surface area contributed by atoms with Gasteiger partial charge in [0.15, 0.2) is 11.2 Å². The van der Waals surface area contributed by atoms with Crippen LogP contribution in [-0.2, 0) is 0 Å². The van der Waals surface area contributed by atoms with Gasteiger partial charge >= 0.3 is 0 Å². The van der Waals surface area contributed by atoms with Crippen molar-refractivity contribution in [3.63, 3.8) is 0 Å². The van der Waals surface area contributed by atoms with Gasteiger partial charge in [-0.2, -0.15) is 0 Å². The highest BCUT2D eigenvalue weighted by molar-refractivity contribution is 5.93. The monoisotopic (exact) mass is 138 g/mol. The molecule has 0 aliphatic heterocycles. The molecule has 0 atom stereocenters. The lowest BCUT2D eigenvalue weighted by atomic mass is 10.2. The van der Waals surface area contributed by atoms with Gasteiger partial charge in [-0.25, -0.2) is 0 Å². The van der Waals surface area contributed by atoms with Crippen LogP contribution < -0.4 is 5.43 Å². The molecule has 0 fully saturated rings. The first kappa shape index (κ1) is 6.74. The molecule has 3 heteroatoms. The molecule has 0 bridgehead atoms. The predicted molar refractivity (Wildman–Crippen MR) is 35.0 cm³/mol. The van der Waals surface area contributed by atoms with Gasteiger partial charge in [0.25, 0.3) is 0 Å². The highest BCUT2D eigenvalue weighted by Gasteiger charge is 2.02. The van der Waals surface area contributed by atoms with Gasteiger partial charge < -0.3 is 4.42 Å². The van der Waals surface area contributed by atoms with E-state index in [1.54, 1.807) is 0 Å². The van der Waals surface area contributed by atoms with Crippen LogP contribution in [0.5, 0.6) is 0 Å². The normalized spacial score (nSPS) is 9.30. The van der Waals surface area contributed by atoms with E-state index in [0.717, 1.165) is 6.26 Å². The maximum absolute atomic E-state index is 10.8. The van der Waals surface area contributed by atoms with Gasteiger partial charge in [-0.05, 0) is 6.92 Å². The lowest BCUT2D eigenvalue weighted by molar-refractivity contribution is 0.101. The molecule has 0 aliphatic carbocycles. The van der Waals surface area contributed by atoms with Crippen molar-refractivity contribution in [2.75, 3.05) is 0 Å². The number of Topliss-reactive ketones (excluding diaryl/α,β-unsaturated/α-hetero) is 1. The van der Waals surface area contributed by atoms with Gasteiger partial charge in [-0.1, -0.05) is 0 Å². The topological polar surface area (TPSA) is 47.3 Å². The van der Waals surface area contributed by atoms with Crippen LogP contribution in [0.4, 0.5) is 0 Å². The van der Waals surface area contributed by atoms with Crippen LogP contribution in [0.25, 0.3) is 0 Å². The van der Waals surface area contributed by atoms with Crippen LogP contribution in [0, 0.1) is 0 Å². The van der Waals surface area contributed by atoms with Crippen LogP contribution >= 0.6 is 0 Å². The minimum Gasteiger partial charge on any atom is -0.472 e. The van der Waals surface area contributed by atoms with Gasteiger partial charge in [0.2, 0.25) is 0 Å². The Balaban J connectivity index is 3.29. The highest BCUT2D eigenvalue weighted by Crippen LogP contribution is 1.90. The average molecular weight is 138 g/mol. The minimum absolute atomic E-state index is 0.0995. The summed E-state index contributed by atoms with van der Waals surface area (Å²) in [5, 5.41) is 0. The summed E-state index contributed by atoms with van der Waals surface area (Å²) in [4.78, 5) is 21.4. The lowest BCUT2D eigenvalue weighted by Crippen LogP contribution is -2.09. The molecule has 0 aliphatic rings. The summed E-state index contributed by atoms with van der Waals surface area (Å²) in [5.41, 5.74) is -0.193. The first-order valence-electron chi connectivity index (χ1n) is 2.79. The molecule has 1 heterocycles. The maximum atomic E-state index is 10.8. The Morgan fingerprint density at radius 2 is 2.30 bits per heavy atom. The molecule has 0 amide bonds. The van der Waals surface area contributed by atoms with Crippen molar-refractivity contribution in [2.24, 2.45) is 0 Å². The number of rotatable bonds is 1. The third-order valence-electron chi connectivity index (χ3n) is 1.13.